The molecule has 20 heavy (non-hydrogen) atoms. The third-order valence-corrected chi connectivity index (χ3v) is 3.69. The molecule has 1 aromatic heterocycles. The van der Waals surface area contributed by atoms with Gasteiger partial charge in [0, 0.05) is 18.8 Å². The van der Waals surface area contributed by atoms with E-state index in [1.807, 2.05) is 12.4 Å². The molecule has 1 aliphatic heterocycles. The van der Waals surface area contributed by atoms with Crippen LogP contribution in [0.1, 0.15) is 17.5 Å². The van der Waals surface area contributed by atoms with Gasteiger partial charge in [-0.2, -0.15) is 0 Å². The van der Waals surface area contributed by atoms with Crippen molar-refractivity contribution in [2.24, 2.45) is 0 Å². The first-order valence-electron chi connectivity index (χ1n) is 7.00. The summed E-state index contributed by atoms with van der Waals surface area (Å²) in [7, 11) is 0. The summed E-state index contributed by atoms with van der Waals surface area (Å²) in [6, 6.07) is 8.40. The fourth-order valence-corrected chi connectivity index (χ4v) is 2.53. The summed E-state index contributed by atoms with van der Waals surface area (Å²) in [5.41, 5.74) is 4.77. The van der Waals surface area contributed by atoms with Gasteiger partial charge in [-0.05, 0) is 54.3 Å². The van der Waals surface area contributed by atoms with Crippen LogP contribution in [0.25, 0.3) is 11.1 Å². The maximum Gasteiger partial charge on any atom is 0.124 e. The Hall–Kier alpha value is -1.87. The van der Waals surface area contributed by atoms with Gasteiger partial charge in [-0.3, -0.25) is 4.98 Å². The zero-order valence-electron chi connectivity index (χ0n) is 11.9. The van der Waals surface area contributed by atoms with E-state index < -0.39 is 0 Å². The van der Waals surface area contributed by atoms with E-state index in [1.165, 1.54) is 16.7 Å². The maximum absolute atomic E-state index is 5.99. The van der Waals surface area contributed by atoms with Crippen LogP contribution in [-0.4, -0.2) is 24.3 Å². The molecule has 0 spiro atoms. The van der Waals surface area contributed by atoms with Crippen LogP contribution in [0.2, 0.25) is 0 Å². The number of ether oxygens (including phenoxy) is 2. The number of aryl methyl sites for hydroxylation is 2. The Balaban J connectivity index is 1.85. The third kappa shape index (κ3) is 2.68. The number of hydrogen-bond acceptors (Lipinski definition) is 3. The van der Waals surface area contributed by atoms with Crippen LogP contribution in [0, 0.1) is 13.8 Å². The Kier molecular flexibility index (Phi) is 3.70. The van der Waals surface area contributed by atoms with Crippen molar-refractivity contribution in [1.82, 2.24) is 4.98 Å². The molecule has 3 heteroatoms. The van der Waals surface area contributed by atoms with Crippen molar-refractivity contribution < 1.29 is 9.47 Å². The zero-order chi connectivity index (χ0) is 13.9. The number of benzene rings is 1. The Labute approximate surface area is 119 Å². The molecular formula is C17H19NO2. The first-order chi connectivity index (χ1) is 9.74. The summed E-state index contributed by atoms with van der Waals surface area (Å²) in [4.78, 5) is 4.14. The lowest BCUT2D eigenvalue weighted by molar-refractivity contribution is 0.141. The van der Waals surface area contributed by atoms with Gasteiger partial charge < -0.3 is 9.47 Å². The second-order valence-corrected chi connectivity index (χ2v) is 5.27. The molecule has 2 aromatic rings. The summed E-state index contributed by atoms with van der Waals surface area (Å²) >= 11 is 0. The molecule has 0 amide bonds. The molecular weight excluding hydrogens is 250 g/mol. The molecule has 0 aliphatic carbocycles. The standard InChI is InChI=1S/C17H19NO2/c1-12-9-14(16-5-7-18-10-13(16)2)3-4-17(12)20-15-6-8-19-11-15/h3-5,7,9-10,15H,6,8,11H2,1-2H3. The zero-order valence-corrected chi connectivity index (χ0v) is 11.9. The minimum absolute atomic E-state index is 0.196. The van der Waals surface area contributed by atoms with Gasteiger partial charge in [-0.15, -0.1) is 0 Å². The molecule has 1 unspecified atom stereocenters. The molecule has 3 nitrogen and oxygen atoms in total. The van der Waals surface area contributed by atoms with Gasteiger partial charge in [0.2, 0.25) is 0 Å². The van der Waals surface area contributed by atoms with Crippen LogP contribution in [0.4, 0.5) is 0 Å². The third-order valence-electron chi connectivity index (χ3n) is 3.69. The van der Waals surface area contributed by atoms with Crippen LogP contribution in [0.3, 0.4) is 0 Å². The normalized spacial score (nSPS) is 18.2. The van der Waals surface area contributed by atoms with E-state index in [0.29, 0.717) is 6.61 Å². The van der Waals surface area contributed by atoms with Crippen molar-refractivity contribution in [2.75, 3.05) is 13.2 Å². The minimum Gasteiger partial charge on any atom is -0.488 e. The second-order valence-electron chi connectivity index (χ2n) is 5.27. The lowest BCUT2D eigenvalue weighted by Gasteiger charge is -2.15. The number of nitrogens with zero attached hydrogens (tertiary/aromatic N) is 1. The van der Waals surface area contributed by atoms with Crippen LogP contribution < -0.4 is 4.74 Å². The molecule has 0 N–H and O–H groups in total. The lowest BCUT2D eigenvalue weighted by atomic mass is 10.0. The van der Waals surface area contributed by atoms with Crippen molar-refractivity contribution in [3.63, 3.8) is 0 Å². The van der Waals surface area contributed by atoms with Crippen molar-refractivity contribution in [2.45, 2.75) is 26.4 Å². The first kappa shape index (κ1) is 13.1. The Morgan fingerprint density at radius 3 is 2.80 bits per heavy atom. The van der Waals surface area contributed by atoms with Gasteiger partial charge in [-0.1, -0.05) is 6.07 Å². The Morgan fingerprint density at radius 2 is 2.10 bits per heavy atom. The first-order valence-corrected chi connectivity index (χ1v) is 7.00. The fraction of sp³-hybridized carbons (Fsp3) is 0.353. The highest BCUT2D eigenvalue weighted by Crippen LogP contribution is 2.29. The van der Waals surface area contributed by atoms with Crippen LogP contribution >= 0.6 is 0 Å². The molecule has 1 aromatic carbocycles. The van der Waals surface area contributed by atoms with Crippen LogP contribution in [0.5, 0.6) is 5.75 Å². The number of pyridine rings is 1. The topological polar surface area (TPSA) is 31.4 Å². The molecule has 0 radical (unpaired) electrons. The summed E-state index contributed by atoms with van der Waals surface area (Å²) in [5, 5.41) is 0. The van der Waals surface area contributed by atoms with Crippen molar-refractivity contribution in [1.29, 1.82) is 0 Å². The van der Waals surface area contributed by atoms with Gasteiger partial charge in [-0.25, -0.2) is 0 Å². The largest absolute Gasteiger partial charge is 0.488 e. The molecule has 1 saturated heterocycles. The van der Waals surface area contributed by atoms with E-state index >= 15 is 0 Å². The van der Waals surface area contributed by atoms with E-state index in [0.717, 1.165) is 24.3 Å². The minimum atomic E-state index is 0.196. The highest BCUT2D eigenvalue weighted by atomic mass is 16.5. The van der Waals surface area contributed by atoms with E-state index in [1.54, 1.807) is 0 Å². The van der Waals surface area contributed by atoms with E-state index in [2.05, 4.69) is 43.1 Å². The summed E-state index contributed by atoms with van der Waals surface area (Å²) < 4.78 is 11.3. The van der Waals surface area contributed by atoms with Gasteiger partial charge in [0.1, 0.15) is 11.9 Å². The average molecular weight is 269 g/mol. The molecule has 1 fully saturated rings. The highest BCUT2D eigenvalue weighted by Gasteiger charge is 2.18. The highest BCUT2D eigenvalue weighted by molar-refractivity contribution is 5.68. The lowest BCUT2D eigenvalue weighted by Crippen LogP contribution is -2.16. The van der Waals surface area contributed by atoms with Crippen molar-refractivity contribution >= 4 is 0 Å². The van der Waals surface area contributed by atoms with E-state index in [-0.39, 0.29) is 6.10 Å². The van der Waals surface area contributed by atoms with Crippen molar-refractivity contribution in [3.8, 4) is 16.9 Å². The Bertz CT molecular complexity index is 604. The summed E-state index contributed by atoms with van der Waals surface area (Å²) in [6.07, 6.45) is 4.90. The van der Waals surface area contributed by atoms with Crippen molar-refractivity contribution in [3.05, 3.63) is 47.8 Å². The molecule has 3 rings (SSSR count). The quantitative estimate of drug-likeness (QED) is 0.854. The number of rotatable bonds is 3. The van der Waals surface area contributed by atoms with Gasteiger partial charge in [0.25, 0.3) is 0 Å². The molecule has 2 heterocycles. The van der Waals surface area contributed by atoms with Gasteiger partial charge in [0.15, 0.2) is 0 Å². The SMILES string of the molecule is Cc1cc(-c2ccncc2C)ccc1OC1CCOC1. The smallest absolute Gasteiger partial charge is 0.124 e. The van der Waals surface area contributed by atoms with Crippen LogP contribution in [-0.2, 0) is 4.74 Å². The van der Waals surface area contributed by atoms with Gasteiger partial charge in [0.05, 0.1) is 13.2 Å². The second kappa shape index (κ2) is 5.63. The summed E-state index contributed by atoms with van der Waals surface area (Å²) in [6.45, 7) is 5.67. The van der Waals surface area contributed by atoms with Crippen LogP contribution in [0.15, 0.2) is 36.7 Å². The molecule has 1 aliphatic rings. The number of aromatic nitrogens is 1. The monoisotopic (exact) mass is 269 g/mol. The average Bonchev–Trinajstić information content (AvgIpc) is 2.95. The molecule has 1 atom stereocenters. The molecule has 0 saturated carbocycles. The predicted molar refractivity (Wildman–Crippen MR) is 79.0 cm³/mol. The van der Waals surface area contributed by atoms with E-state index in [9.17, 15) is 0 Å². The van der Waals surface area contributed by atoms with Gasteiger partial charge >= 0.3 is 0 Å². The maximum atomic E-state index is 5.99. The van der Waals surface area contributed by atoms with E-state index in [4.69, 9.17) is 9.47 Å². The number of hydrogen-bond donors (Lipinski definition) is 0. The molecule has 0 bridgehead atoms. The summed E-state index contributed by atoms with van der Waals surface area (Å²) in [5.74, 6) is 0.955. The molecule has 104 valence electrons. The Morgan fingerprint density at radius 1 is 1.20 bits per heavy atom. The predicted octanol–water partition coefficient (Wildman–Crippen LogP) is 3.53. The fourth-order valence-electron chi connectivity index (χ4n) is 2.53.